The summed E-state index contributed by atoms with van der Waals surface area (Å²) in [5.41, 5.74) is 3.59. The van der Waals surface area contributed by atoms with E-state index >= 15 is 0 Å². The number of aromatic amines is 1. The molecule has 23 heavy (non-hydrogen) atoms. The van der Waals surface area contributed by atoms with Crippen LogP contribution in [0.25, 0.3) is 10.4 Å². The van der Waals surface area contributed by atoms with E-state index in [4.69, 9.17) is 4.74 Å². The molecule has 5 heteroatoms. The van der Waals surface area contributed by atoms with E-state index in [1.54, 1.807) is 6.07 Å². The van der Waals surface area contributed by atoms with Gasteiger partial charge in [-0.1, -0.05) is 39.6 Å². The van der Waals surface area contributed by atoms with Crippen LogP contribution in [-0.4, -0.2) is 4.37 Å². The van der Waals surface area contributed by atoms with Crippen LogP contribution in [-0.2, 0) is 6.42 Å². The summed E-state index contributed by atoms with van der Waals surface area (Å²) in [4.78, 5) is 12.2. The lowest BCUT2D eigenvalue weighted by molar-refractivity contribution is 0.207. The van der Waals surface area contributed by atoms with Gasteiger partial charge in [-0.15, -0.1) is 0 Å². The maximum atomic E-state index is 11.2. The third kappa shape index (κ3) is 2.86. The Kier molecular flexibility index (Phi) is 3.83. The molecular weight excluding hydrogens is 374 g/mol. The van der Waals surface area contributed by atoms with E-state index < -0.39 is 0 Å². The Morgan fingerprint density at radius 3 is 2.74 bits per heavy atom. The first kappa shape index (κ1) is 14.7. The predicted octanol–water partition coefficient (Wildman–Crippen LogP) is 4.93. The van der Waals surface area contributed by atoms with Crippen molar-refractivity contribution >= 4 is 27.5 Å². The van der Waals surface area contributed by atoms with Crippen molar-refractivity contribution in [2.75, 3.05) is 0 Å². The Morgan fingerprint density at radius 2 is 2.00 bits per heavy atom. The Morgan fingerprint density at radius 1 is 1.17 bits per heavy atom. The second kappa shape index (κ2) is 5.98. The van der Waals surface area contributed by atoms with Gasteiger partial charge in [0.15, 0.2) is 0 Å². The third-order valence-electron chi connectivity index (χ3n) is 4.10. The normalized spacial score (nSPS) is 16.3. The fourth-order valence-electron chi connectivity index (χ4n) is 2.98. The van der Waals surface area contributed by atoms with Crippen molar-refractivity contribution in [3.05, 3.63) is 74.5 Å². The van der Waals surface area contributed by atoms with Gasteiger partial charge in [0.25, 0.3) is 5.56 Å². The summed E-state index contributed by atoms with van der Waals surface area (Å²) in [6, 6.07) is 15.8. The second-order valence-corrected chi connectivity index (χ2v) is 7.26. The average Bonchev–Trinajstić information content (AvgIpc) is 3.16. The van der Waals surface area contributed by atoms with Crippen molar-refractivity contribution < 1.29 is 4.74 Å². The van der Waals surface area contributed by atoms with Crippen LogP contribution in [0.4, 0.5) is 0 Å². The largest absolute Gasteiger partial charge is 0.486 e. The second-order valence-electron chi connectivity index (χ2n) is 5.55. The molecule has 1 heterocycles. The molecule has 1 aliphatic carbocycles. The van der Waals surface area contributed by atoms with E-state index in [1.165, 1.54) is 27.1 Å². The summed E-state index contributed by atoms with van der Waals surface area (Å²) < 4.78 is 10.0. The van der Waals surface area contributed by atoms with Crippen molar-refractivity contribution in [2.45, 2.75) is 18.9 Å². The number of halogens is 1. The number of hydrogen-bond acceptors (Lipinski definition) is 3. The zero-order chi connectivity index (χ0) is 15.8. The number of rotatable bonds is 3. The number of aromatic nitrogens is 1. The summed E-state index contributed by atoms with van der Waals surface area (Å²) in [5.74, 6) is 0.856. The molecule has 116 valence electrons. The average molecular weight is 388 g/mol. The Hall–Kier alpha value is -1.85. The number of nitrogens with one attached hydrogen (secondary N) is 1. The lowest BCUT2D eigenvalue weighted by atomic mass is 10.1. The SMILES string of the molecule is O=c1cc(-c2ccc(O[C@@H]3CCc4c(Br)cccc43)cc2)s[nH]1. The molecule has 1 N–H and O–H groups in total. The number of benzene rings is 2. The Labute approximate surface area is 146 Å². The fourth-order valence-corrected chi connectivity index (χ4v) is 4.25. The third-order valence-corrected chi connectivity index (χ3v) is 5.72. The van der Waals surface area contributed by atoms with Crippen LogP contribution in [0.1, 0.15) is 23.7 Å². The van der Waals surface area contributed by atoms with Gasteiger partial charge in [-0.3, -0.25) is 9.17 Å². The minimum atomic E-state index is -0.0570. The molecule has 4 rings (SSSR count). The van der Waals surface area contributed by atoms with Gasteiger partial charge in [-0.25, -0.2) is 0 Å². The van der Waals surface area contributed by atoms with Gasteiger partial charge >= 0.3 is 0 Å². The lowest BCUT2D eigenvalue weighted by Gasteiger charge is -2.15. The standard InChI is InChI=1S/C18H14BrNO2S/c19-15-3-1-2-14-13(15)8-9-16(14)22-12-6-4-11(5-7-12)17-10-18(21)20-23-17/h1-7,10,16H,8-9H2,(H,20,21)/t16-/m1/s1. The molecule has 0 spiro atoms. The molecule has 0 bridgehead atoms. The van der Waals surface area contributed by atoms with Gasteiger partial charge in [0, 0.05) is 10.5 Å². The quantitative estimate of drug-likeness (QED) is 0.691. The van der Waals surface area contributed by atoms with Crippen LogP contribution < -0.4 is 10.3 Å². The summed E-state index contributed by atoms with van der Waals surface area (Å²) in [6.07, 6.45) is 2.15. The summed E-state index contributed by atoms with van der Waals surface area (Å²) in [7, 11) is 0. The Balaban J connectivity index is 1.55. The van der Waals surface area contributed by atoms with Crippen molar-refractivity contribution in [1.29, 1.82) is 0 Å². The van der Waals surface area contributed by atoms with Gasteiger partial charge in [0.05, 0.1) is 4.88 Å². The predicted molar refractivity (Wildman–Crippen MR) is 96.2 cm³/mol. The van der Waals surface area contributed by atoms with Crippen molar-refractivity contribution in [1.82, 2.24) is 4.37 Å². The van der Waals surface area contributed by atoms with Crippen LogP contribution in [0.3, 0.4) is 0 Å². The molecule has 3 nitrogen and oxygen atoms in total. The molecule has 3 aromatic rings. The van der Waals surface area contributed by atoms with E-state index in [2.05, 4.69) is 38.5 Å². The molecule has 0 amide bonds. The highest BCUT2D eigenvalue weighted by Crippen LogP contribution is 2.38. The zero-order valence-electron chi connectivity index (χ0n) is 12.2. The van der Waals surface area contributed by atoms with Crippen LogP contribution in [0.15, 0.2) is 57.8 Å². The van der Waals surface area contributed by atoms with E-state index in [-0.39, 0.29) is 11.7 Å². The highest BCUT2D eigenvalue weighted by Gasteiger charge is 2.25. The van der Waals surface area contributed by atoms with E-state index in [9.17, 15) is 4.79 Å². The van der Waals surface area contributed by atoms with E-state index in [0.717, 1.165) is 29.0 Å². The molecule has 0 fully saturated rings. The van der Waals surface area contributed by atoms with Crippen LogP contribution in [0.5, 0.6) is 5.75 Å². The monoisotopic (exact) mass is 387 g/mol. The van der Waals surface area contributed by atoms with Crippen molar-refractivity contribution in [3.63, 3.8) is 0 Å². The summed E-state index contributed by atoms with van der Waals surface area (Å²) in [6.45, 7) is 0. The number of ether oxygens (including phenoxy) is 1. The molecule has 1 atom stereocenters. The van der Waals surface area contributed by atoms with Gasteiger partial charge < -0.3 is 4.74 Å². The minimum absolute atomic E-state index is 0.0570. The minimum Gasteiger partial charge on any atom is -0.486 e. The molecule has 2 aromatic carbocycles. The van der Waals surface area contributed by atoms with E-state index in [1.807, 2.05) is 24.3 Å². The highest BCUT2D eigenvalue weighted by atomic mass is 79.9. The van der Waals surface area contributed by atoms with Crippen LogP contribution in [0, 0.1) is 0 Å². The van der Waals surface area contributed by atoms with E-state index in [0.29, 0.717) is 0 Å². The zero-order valence-corrected chi connectivity index (χ0v) is 14.6. The molecule has 0 saturated heterocycles. The molecule has 1 aromatic heterocycles. The first-order valence-electron chi connectivity index (χ1n) is 7.43. The van der Waals surface area contributed by atoms with Crippen LogP contribution in [0.2, 0.25) is 0 Å². The van der Waals surface area contributed by atoms with Gasteiger partial charge in [-0.05, 0) is 59.9 Å². The molecule has 0 aliphatic heterocycles. The summed E-state index contributed by atoms with van der Waals surface area (Å²) in [5, 5.41) is 0. The first-order chi connectivity index (χ1) is 11.2. The van der Waals surface area contributed by atoms with Crippen molar-refractivity contribution in [2.24, 2.45) is 0 Å². The molecule has 0 unspecified atom stereocenters. The highest BCUT2D eigenvalue weighted by molar-refractivity contribution is 9.10. The maximum absolute atomic E-state index is 11.2. The number of hydrogen-bond donors (Lipinski definition) is 1. The molecule has 1 aliphatic rings. The topological polar surface area (TPSA) is 42.1 Å². The fraction of sp³-hybridized carbons (Fsp3) is 0.167. The molecule has 0 saturated carbocycles. The van der Waals surface area contributed by atoms with Gasteiger partial charge in [0.2, 0.25) is 0 Å². The first-order valence-corrected chi connectivity index (χ1v) is 9.04. The Bertz CT molecular complexity index is 898. The lowest BCUT2D eigenvalue weighted by Crippen LogP contribution is -2.03. The smallest absolute Gasteiger partial charge is 0.258 e. The molecular formula is C18H14BrNO2S. The number of fused-ring (bicyclic) bond motifs is 1. The molecule has 0 radical (unpaired) electrons. The van der Waals surface area contributed by atoms with Crippen molar-refractivity contribution in [3.8, 4) is 16.2 Å². The number of H-pyrrole nitrogens is 1. The van der Waals surface area contributed by atoms with Gasteiger partial charge in [0.1, 0.15) is 11.9 Å². The van der Waals surface area contributed by atoms with Crippen LogP contribution >= 0.6 is 27.5 Å². The summed E-state index contributed by atoms with van der Waals surface area (Å²) >= 11 is 4.96. The van der Waals surface area contributed by atoms with Gasteiger partial charge in [-0.2, -0.15) is 0 Å². The maximum Gasteiger partial charge on any atom is 0.258 e.